The molecule has 0 aromatic rings. The highest BCUT2D eigenvalue weighted by Gasteiger charge is 2.58. The number of aliphatic hydroxyl groups excluding tert-OH is 7. The molecule has 0 bridgehead atoms. The van der Waals surface area contributed by atoms with Crippen LogP contribution in [-0.4, -0.2) is 116 Å². The summed E-state index contributed by atoms with van der Waals surface area (Å²) in [5, 5.41) is 70.5. The topological polar surface area (TPSA) is 196 Å². The van der Waals surface area contributed by atoms with Crippen LogP contribution in [0.1, 0.15) is 110 Å². The summed E-state index contributed by atoms with van der Waals surface area (Å²) in [7, 11) is 0. The first-order valence-corrected chi connectivity index (χ1v) is 16.0. The molecule has 0 spiro atoms. The van der Waals surface area contributed by atoms with Crippen molar-refractivity contribution in [3.63, 3.8) is 0 Å². The van der Waals surface area contributed by atoms with E-state index in [1.807, 2.05) is 0 Å². The second-order valence-electron chi connectivity index (χ2n) is 11.7. The van der Waals surface area contributed by atoms with Crippen molar-refractivity contribution in [3.05, 3.63) is 0 Å². The molecule has 0 aromatic carbocycles. The van der Waals surface area contributed by atoms with E-state index in [0.717, 1.165) is 19.3 Å². The van der Waals surface area contributed by atoms with Crippen molar-refractivity contribution in [2.24, 2.45) is 0 Å². The Bertz CT molecular complexity index is 724. The number of aliphatic hydroxyl groups is 7. The number of rotatable bonds is 22. The fourth-order valence-corrected chi connectivity index (χ4v) is 5.61. The normalized spacial score (nSPS) is 33.2. The molecule has 2 fully saturated rings. The van der Waals surface area contributed by atoms with Crippen LogP contribution in [0.15, 0.2) is 0 Å². The Balaban J connectivity index is 1.65. The highest BCUT2D eigenvalue weighted by Crippen LogP contribution is 2.36. The van der Waals surface area contributed by atoms with E-state index in [4.69, 9.17) is 18.9 Å². The third-order valence-corrected chi connectivity index (χ3v) is 8.29. The van der Waals surface area contributed by atoms with E-state index >= 15 is 0 Å². The highest BCUT2D eigenvalue weighted by molar-refractivity contribution is 5.69. The van der Waals surface area contributed by atoms with Crippen LogP contribution in [0.3, 0.4) is 0 Å². The van der Waals surface area contributed by atoms with Crippen molar-refractivity contribution in [1.29, 1.82) is 0 Å². The fourth-order valence-electron chi connectivity index (χ4n) is 5.61. The van der Waals surface area contributed by atoms with Gasteiger partial charge >= 0.3 is 5.97 Å². The van der Waals surface area contributed by atoms with Crippen LogP contribution in [0.5, 0.6) is 0 Å². The van der Waals surface area contributed by atoms with Gasteiger partial charge in [-0.3, -0.25) is 4.79 Å². The molecule has 2 saturated heterocycles. The van der Waals surface area contributed by atoms with Crippen LogP contribution in [-0.2, 0) is 23.7 Å². The van der Waals surface area contributed by atoms with Crippen LogP contribution >= 0.6 is 0 Å². The quantitative estimate of drug-likeness (QED) is 0.0691. The second kappa shape index (κ2) is 20.2. The van der Waals surface area contributed by atoms with Crippen LogP contribution < -0.4 is 0 Å². The van der Waals surface area contributed by atoms with Crippen LogP contribution in [0.2, 0.25) is 0 Å². The molecule has 248 valence electrons. The minimum atomic E-state index is -2.27. The average Bonchev–Trinajstić information content (AvgIpc) is 3.23. The summed E-state index contributed by atoms with van der Waals surface area (Å²) < 4.78 is 21.6. The highest BCUT2D eigenvalue weighted by atomic mass is 16.8. The Kier molecular flexibility index (Phi) is 17.9. The third kappa shape index (κ3) is 11.2. The van der Waals surface area contributed by atoms with Crippen LogP contribution in [0, 0.1) is 0 Å². The molecule has 0 aromatic heterocycles. The van der Waals surface area contributed by atoms with Crippen molar-refractivity contribution < 1.29 is 59.5 Å². The summed E-state index contributed by atoms with van der Waals surface area (Å²) in [6.07, 6.45) is 5.49. The SMILES string of the molecule is CCCCCCCCCCCCCCCCCC(=O)O[C@H]1[C@H](O)[C@@H](O)[C@@H](O[C@]2(CO)O[C@H](CO)[C@@H](O)[C@@H]2O)O[C@@H]1CO. The van der Waals surface area contributed by atoms with Gasteiger partial charge in [0.15, 0.2) is 12.4 Å². The first kappa shape index (κ1) is 37.3. The summed E-state index contributed by atoms with van der Waals surface area (Å²) in [5.41, 5.74) is 0. The molecule has 0 saturated carbocycles. The number of hydrogen-bond donors (Lipinski definition) is 7. The molecule has 0 radical (unpaired) electrons. The van der Waals surface area contributed by atoms with Crippen molar-refractivity contribution in [1.82, 2.24) is 0 Å². The zero-order chi connectivity index (χ0) is 31.0. The lowest BCUT2D eigenvalue weighted by molar-refractivity contribution is -0.383. The number of carbonyl (C=O) groups is 1. The van der Waals surface area contributed by atoms with Gasteiger partial charge < -0.3 is 54.7 Å². The maximum Gasteiger partial charge on any atom is 0.306 e. The molecule has 0 amide bonds. The van der Waals surface area contributed by atoms with Crippen LogP contribution in [0.4, 0.5) is 0 Å². The lowest BCUT2D eigenvalue weighted by atomic mass is 9.98. The monoisotopic (exact) mass is 608 g/mol. The molecule has 12 heteroatoms. The van der Waals surface area contributed by atoms with Crippen molar-refractivity contribution in [3.8, 4) is 0 Å². The van der Waals surface area contributed by atoms with E-state index < -0.39 is 80.6 Å². The molecule has 2 aliphatic rings. The van der Waals surface area contributed by atoms with E-state index in [1.165, 1.54) is 70.6 Å². The molecule has 2 rings (SSSR count). The molecule has 42 heavy (non-hydrogen) atoms. The Morgan fingerprint density at radius 3 is 1.64 bits per heavy atom. The van der Waals surface area contributed by atoms with Gasteiger partial charge in [0, 0.05) is 6.42 Å². The number of unbranched alkanes of at least 4 members (excludes halogenated alkanes) is 14. The minimum Gasteiger partial charge on any atom is -0.457 e. The van der Waals surface area contributed by atoms with Crippen molar-refractivity contribution in [2.45, 2.75) is 164 Å². The van der Waals surface area contributed by atoms with Gasteiger partial charge in [-0.15, -0.1) is 0 Å². The number of hydrogen-bond acceptors (Lipinski definition) is 12. The maximum absolute atomic E-state index is 12.4. The summed E-state index contributed by atoms with van der Waals surface area (Å²) in [6.45, 7) is -0.122. The largest absolute Gasteiger partial charge is 0.457 e. The molecule has 7 N–H and O–H groups in total. The van der Waals surface area contributed by atoms with Gasteiger partial charge in [0.1, 0.15) is 43.2 Å². The zero-order valence-electron chi connectivity index (χ0n) is 25.2. The van der Waals surface area contributed by atoms with Crippen molar-refractivity contribution >= 4 is 5.97 Å². The summed E-state index contributed by atoms with van der Waals surface area (Å²) >= 11 is 0. The molecule has 2 heterocycles. The maximum atomic E-state index is 12.4. The molecular weight excluding hydrogens is 552 g/mol. The van der Waals surface area contributed by atoms with Crippen molar-refractivity contribution in [2.75, 3.05) is 19.8 Å². The molecule has 12 nitrogen and oxygen atoms in total. The van der Waals surface area contributed by atoms with Crippen LogP contribution in [0.25, 0.3) is 0 Å². The van der Waals surface area contributed by atoms with Gasteiger partial charge in [-0.05, 0) is 6.42 Å². The molecule has 0 aliphatic carbocycles. The number of esters is 1. The van der Waals surface area contributed by atoms with Gasteiger partial charge in [-0.2, -0.15) is 0 Å². The van der Waals surface area contributed by atoms with E-state index in [9.17, 15) is 40.5 Å². The first-order valence-electron chi connectivity index (χ1n) is 16.0. The van der Waals surface area contributed by atoms with Gasteiger partial charge in [0.05, 0.1) is 13.2 Å². The lowest BCUT2D eigenvalue weighted by Gasteiger charge is -2.44. The zero-order valence-corrected chi connectivity index (χ0v) is 25.2. The first-order chi connectivity index (χ1) is 20.2. The van der Waals surface area contributed by atoms with E-state index in [2.05, 4.69) is 6.92 Å². The Hall–Kier alpha value is -0.930. The van der Waals surface area contributed by atoms with Gasteiger partial charge in [-0.25, -0.2) is 0 Å². The summed E-state index contributed by atoms with van der Waals surface area (Å²) in [5.74, 6) is -2.87. The smallest absolute Gasteiger partial charge is 0.306 e. The standard InChI is InChI=1S/C30H56O12/c1-2-3-4-5-6-7-8-9-10-11-12-13-14-15-16-17-23(34)40-27-22(19-32)39-29(26(37)25(27)36)42-30(20-33)28(38)24(35)21(18-31)41-30/h21-22,24-29,31-33,35-38H,2-20H2,1H3/t21-,22-,24-,25-,26-,27-,28+,29-,30+/m1/s1. The molecular formula is C30H56O12. The van der Waals surface area contributed by atoms with E-state index in [1.54, 1.807) is 0 Å². The molecule has 9 atom stereocenters. The Labute approximate surface area is 249 Å². The summed E-state index contributed by atoms with van der Waals surface area (Å²) in [4.78, 5) is 12.4. The number of carbonyl (C=O) groups excluding carboxylic acids is 1. The van der Waals surface area contributed by atoms with Gasteiger partial charge in [0.2, 0.25) is 5.79 Å². The van der Waals surface area contributed by atoms with Gasteiger partial charge in [-0.1, -0.05) is 96.8 Å². The second-order valence-corrected chi connectivity index (χ2v) is 11.7. The third-order valence-electron chi connectivity index (χ3n) is 8.29. The fraction of sp³-hybridized carbons (Fsp3) is 0.967. The van der Waals surface area contributed by atoms with E-state index in [-0.39, 0.29) is 6.42 Å². The predicted octanol–water partition coefficient (Wildman–Crippen LogP) is 1.42. The predicted molar refractivity (Wildman–Crippen MR) is 152 cm³/mol. The molecule has 2 aliphatic heterocycles. The number of ether oxygens (including phenoxy) is 4. The average molecular weight is 609 g/mol. The minimum absolute atomic E-state index is 0.115. The lowest BCUT2D eigenvalue weighted by Crippen LogP contribution is -2.63. The molecule has 0 unspecified atom stereocenters. The Morgan fingerprint density at radius 1 is 0.690 bits per heavy atom. The van der Waals surface area contributed by atoms with Gasteiger partial charge in [0.25, 0.3) is 0 Å². The van der Waals surface area contributed by atoms with E-state index in [0.29, 0.717) is 6.42 Å². The summed E-state index contributed by atoms with van der Waals surface area (Å²) in [6, 6.07) is 0. The Morgan fingerprint density at radius 2 is 1.19 bits per heavy atom.